The van der Waals surface area contributed by atoms with Crippen LogP contribution in [0, 0.1) is 17.8 Å². The third-order valence-corrected chi connectivity index (χ3v) is 9.08. The Balaban J connectivity index is 3.03. The summed E-state index contributed by atoms with van der Waals surface area (Å²) in [6.45, 7) is 13.9. The van der Waals surface area contributed by atoms with Crippen molar-refractivity contribution in [3.63, 3.8) is 0 Å². The standard InChI is InChI=1S/C19H34O2Si/c1-15(2)12-22(13-16(3)4,14-17(5)6)21-19-10-8-18(20-7)9-11-19/h8-11,15-17H,12-14H2,1-7H3. The Hall–Kier alpha value is -0.963. The van der Waals surface area contributed by atoms with Crippen LogP contribution in [0.15, 0.2) is 24.3 Å². The highest BCUT2D eigenvalue weighted by atomic mass is 28.4. The summed E-state index contributed by atoms with van der Waals surface area (Å²) >= 11 is 0. The molecule has 0 unspecified atom stereocenters. The summed E-state index contributed by atoms with van der Waals surface area (Å²) in [5.41, 5.74) is 0. The maximum Gasteiger partial charge on any atom is 0.252 e. The lowest BCUT2D eigenvalue weighted by Gasteiger charge is -2.36. The average Bonchev–Trinajstić information content (AvgIpc) is 2.36. The first-order valence-corrected chi connectivity index (χ1v) is 11.1. The van der Waals surface area contributed by atoms with E-state index in [0.29, 0.717) is 17.8 Å². The third-order valence-electron chi connectivity index (χ3n) is 3.73. The summed E-state index contributed by atoms with van der Waals surface area (Å²) < 4.78 is 12.0. The lowest BCUT2D eigenvalue weighted by Crippen LogP contribution is -2.45. The summed E-state index contributed by atoms with van der Waals surface area (Å²) in [6.07, 6.45) is 0. The first-order valence-electron chi connectivity index (χ1n) is 8.59. The van der Waals surface area contributed by atoms with Crippen LogP contribution in [-0.4, -0.2) is 15.4 Å². The molecule has 0 heterocycles. The summed E-state index contributed by atoms with van der Waals surface area (Å²) in [6, 6.07) is 11.8. The van der Waals surface area contributed by atoms with Gasteiger partial charge in [0.25, 0.3) is 8.32 Å². The van der Waals surface area contributed by atoms with Gasteiger partial charge in [-0.2, -0.15) is 0 Å². The second kappa shape index (κ2) is 8.61. The molecule has 0 aliphatic carbocycles. The lowest BCUT2D eigenvalue weighted by atomic mass is 10.2. The molecule has 3 heteroatoms. The van der Waals surface area contributed by atoms with E-state index in [0.717, 1.165) is 11.5 Å². The van der Waals surface area contributed by atoms with E-state index >= 15 is 0 Å². The van der Waals surface area contributed by atoms with E-state index in [1.54, 1.807) is 7.11 Å². The summed E-state index contributed by atoms with van der Waals surface area (Å²) in [4.78, 5) is 0. The van der Waals surface area contributed by atoms with E-state index < -0.39 is 8.32 Å². The first-order chi connectivity index (χ1) is 10.3. The highest BCUT2D eigenvalue weighted by molar-refractivity contribution is 6.74. The fourth-order valence-corrected chi connectivity index (χ4v) is 9.35. The fraction of sp³-hybridized carbons (Fsp3) is 0.684. The smallest absolute Gasteiger partial charge is 0.252 e. The van der Waals surface area contributed by atoms with E-state index in [-0.39, 0.29) is 0 Å². The van der Waals surface area contributed by atoms with Gasteiger partial charge in [-0.1, -0.05) is 41.5 Å². The molecule has 0 bridgehead atoms. The topological polar surface area (TPSA) is 18.5 Å². The maximum atomic E-state index is 6.72. The van der Waals surface area contributed by atoms with E-state index in [9.17, 15) is 0 Å². The molecule has 0 aliphatic heterocycles. The highest BCUT2D eigenvalue weighted by Gasteiger charge is 2.39. The van der Waals surface area contributed by atoms with Crippen LogP contribution in [0.25, 0.3) is 0 Å². The van der Waals surface area contributed by atoms with Crippen molar-refractivity contribution in [3.8, 4) is 11.5 Å². The second-order valence-corrected chi connectivity index (χ2v) is 11.5. The van der Waals surface area contributed by atoms with E-state index in [4.69, 9.17) is 9.16 Å². The van der Waals surface area contributed by atoms with Gasteiger partial charge in [-0.05, 0) is 60.2 Å². The van der Waals surface area contributed by atoms with Crippen LogP contribution in [0.5, 0.6) is 11.5 Å². The normalized spacial score (nSPS) is 12.3. The number of methoxy groups -OCH3 is 1. The van der Waals surface area contributed by atoms with Gasteiger partial charge in [0.05, 0.1) is 7.11 Å². The minimum atomic E-state index is -1.79. The number of hydrogen-bond acceptors (Lipinski definition) is 2. The van der Waals surface area contributed by atoms with Gasteiger partial charge >= 0.3 is 0 Å². The minimum Gasteiger partial charge on any atom is -0.543 e. The Bertz CT molecular complexity index is 397. The van der Waals surface area contributed by atoms with Gasteiger partial charge in [-0.25, -0.2) is 0 Å². The molecule has 1 aromatic carbocycles. The van der Waals surface area contributed by atoms with Gasteiger partial charge in [0.1, 0.15) is 11.5 Å². The molecule has 0 saturated carbocycles. The second-order valence-electron chi connectivity index (χ2n) is 7.75. The van der Waals surface area contributed by atoms with E-state index in [1.807, 2.05) is 12.1 Å². The first kappa shape index (κ1) is 19.1. The van der Waals surface area contributed by atoms with Crippen molar-refractivity contribution < 1.29 is 9.16 Å². The molecule has 0 N–H and O–H groups in total. The van der Waals surface area contributed by atoms with Crippen LogP contribution < -0.4 is 9.16 Å². The lowest BCUT2D eigenvalue weighted by molar-refractivity contribution is 0.413. The number of hydrogen-bond donors (Lipinski definition) is 0. The third kappa shape index (κ3) is 6.43. The molecule has 22 heavy (non-hydrogen) atoms. The van der Waals surface area contributed by atoms with Crippen molar-refractivity contribution in [2.45, 2.75) is 59.7 Å². The predicted molar refractivity (Wildman–Crippen MR) is 98.3 cm³/mol. The Morgan fingerprint density at radius 2 is 1.09 bits per heavy atom. The molecule has 0 aromatic heterocycles. The zero-order chi connectivity index (χ0) is 16.8. The molecule has 1 rings (SSSR count). The van der Waals surface area contributed by atoms with Crippen LogP contribution in [0.1, 0.15) is 41.5 Å². The van der Waals surface area contributed by atoms with Crippen molar-refractivity contribution in [1.29, 1.82) is 0 Å². The molecule has 0 fully saturated rings. The van der Waals surface area contributed by atoms with Crippen molar-refractivity contribution >= 4 is 8.32 Å². The molecule has 1 aromatic rings. The Labute approximate surface area is 138 Å². The molecule has 0 amide bonds. The van der Waals surface area contributed by atoms with Crippen LogP contribution in [0.4, 0.5) is 0 Å². The summed E-state index contributed by atoms with van der Waals surface area (Å²) in [5.74, 6) is 3.94. The van der Waals surface area contributed by atoms with Crippen LogP contribution >= 0.6 is 0 Å². The molecule has 126 valence electrons. The van der Waals surface area contributed by atoms with Gasteiger partial charge in [-0.3, -0.25) is 0 Å². The van der Waals surface area contributed by atoms with Crippen molar-refractivity contribution in [1.82, 2.24) is 0 Å². The molecule has 2 nitrogen and oxygen atoms in total. The molecule has 0 aliphatic rings. The summed E-state index contributed by atoms with van der Waals surface area (Å²) in [5, 5.41) is 0. The highest BCUT2D eigenvalue weighted by Crippen LogP contribution is 2.34. The molecule has 0 spiro atoms. The van der Waals surface area contributed by atoms with Crippen molar-refractivity contribution in [2.24, 2.45) is 17.8 Å². The zero-order valence-corrected chi connectivity index (χ0v) is 16.5. The number of rotatable bonds is 9. The van der Waals surface area contributed by atoms with Gasteiger partial charge in [0, 0.05) is 0 Å². The number of benzene rings is 1. The maximum absolute atomic E-state index is 6.72. The van der Waals surface area contributed by atoms with Gasteiger partial charge in [-0.15, -0.1) is 0 Å². The van der Waals surface area contributed by atoms with Crippen LogP contribution in [-0.2, 0) is 0 Å². The van der Waals surface area contributed by atoms with Gasteiger partial charge in [0.15, 0.2) is 0 Å². The monoisotopic (exact) mass is 322 g/mol. The Morgan fingerprint density at radius 3 is 1.41 bits per heavy atom. The average molecular weight is 323 g/mol. The van der Waals surface area contributed by atoms with E-state index in [2.05, 4.69) is 53.7 Å². The molecular formula is C19H34O2Si. The quantitative estimate of drug-likeness (QED) is 0.520. The Morgan fingerprint density at radius 1 is 0.727 bits per heavy atom. The predicted octanol–water partition coefficient (Wildman–Crippen LogP) is 5.99. The molecule has 0 radical (unpaired) electrons. The van der Waals surface area contributed by atoms with Crippen LogP contribution in [0.3, 0.4) is 0 Å². The number of ether oxygens (including phenoxy) is 1. The van der Waals surface area contributed by atoms with Gasteiger partial charge < -0.3 is 9.16 Å². The largest absolute Gasteiger partial charge is 0.543 e. The molecule has 0 saturated heterocycles. The minimum absolute atomic E-state index is 0.683. The van der Waals surface area contributed by atoms with E-state index in [1.165, 1.54) is 18.1 Å². The SMILES string of the molecule is COc1ccc(O[Si](CC(C)C)(CC(C)C)CC(C)C)cc1. The molecule has 0 atom stereocenters. The van der Waals surface area contributed by atoms with Gasteiger partial charge in [0.2, 0.25) is 0 Å². The Kier molecular flexibility index (Phi) is 7.47. The van der Waals surface area contributed by atoms with Crippen LogP contribution in [0.2, 0.25) is 18.1 Å². The van der Waals surface area contributed by atoms with Crippen molar-refractivity contribution in [3.05, 3.63) is 24.3 Å². The van der Waals surface area contributed by atoms with Crippen molar-refractivity contribution in [2.75, 3.05) is 7.11 Å². The molecular weight excluding hydrogens is 288 g/mol. The zero-order valence-electron chi connectivity index (χ0n) is 15.5. The fourth-order valence-electron chi connectivity index (χ4n) is 3.50. The summed E-state index contributed by atoms with van der Waals surface area (Å²) in [7, 11) is -0.0944.